The summed E-state index contributed by atoms with van der Waals surface area (Å²) < 4.78 is 1.94. The van der Waals surface area contributed by atoms with Gasteiger partial charge in [0.05, 0.1) is 17.4 Å². The quantitative estimate of drug-likeness (QED) is 0.471. The van der Waals surface area contributed by atoms with Crippen molar-refractivity contribution in [2.24, 2.45) is 5.92 Å². The van der Waals surface area contributed by atoms with Crippen molar-refractivity contribution in [3.05, 3.63) is 69.7 Å². The van der Waals surface area contributed by atoms with Gasteiger partial charge in [0.2, 0.25) is 5.95 Å². The maximum atomic E-state index is 12.6. The second-order valence-corrected chi connectivity index (χ2v) is 8.15. The maximum absolute atomic E-state index is 12.6. The van der Waals surface area contributed by atoms with Crippen LogP contribution >= 0.6 is 11.6 Å². The number of nitrogens with zero attached hydrogens (tertiary/aromatic N) is 4. The molecule has 0 aliphatic carbocycles. The van der Waals surface area contributed by atoms with Crippen molar-refractivity contribution in [2.75, 3.05) is 5.32 Å². The third kappa shape index (κ3) is 4.21. The minimum Gasteiger partial charge on any atom is -0.347 e. The van der Waals surface area contributed by atoms with Crippen molar-refractivity contribution in [2.45, 2.75) is 33.4 Å². The molecule has 0 unspecified atom stereocenters. The minimum atomic E-state index is -0.298. The smallest absolute Gasteiger partial charge is 0.253 e. The molecule has 0 aliphatic rings. The van der Waals surface area contributed by atoms with Crippen molar-refractivity contribution in [3.63, 3.8) is 0 Å². The molecule has 0 amide bonds. The first-order valence-corrected chi connectivity index (χ1v) is 10.2. The van der Waals surface area contributed by atoms with Gasteiger partial charge in [-0.15, -0.1) is 0 Å². The monoisotopic (exact) mass is 422 g/mol. The lowest BCUT2D eigenvalue weighted by molar-refractivity contribution is 0.487. The predicted molar refractivity (Wildman–Crippen MR) is 120 cm³/mol. The van der Waals surface area contributed by atoms with E-state index in [0.29, 0.717) is 22.5 Å². The molecule has 4 rings (SSSR count). The molecular weight excluding hydrogens is 400 g/mol. The molecule has 0 saturated carbocycles. The summed E-state index contributed by atoms with van der Waals surface area (Å²) >= 11 is 6.10. The minimum absolute atomic E-state index is 0.156. The molecule has 0 fully saturated rings. The number of pyridine rings is 1. The Hall–Kier alpha value is -3.19. The van der Waals surface area contributed by atoms with Crippen LogP contribution in [0, 0.1) is 5.92 Å². The Labute approximate surface area is 179 Å². The molecule has 30 heavy (non-hydrogen) atoms. The van der Waals surface area contributed by atoms with E-state index in [4.69, 9.17) is 11.6 Å². The van der Waals surface area contributed by atoms with Crippen LogP contribution in [0.25, 0.3) is 22.3 Å². The number of aromatic nitrogens is 5. The van der Waals surface area contributed by atoms with Crippen molar-refractivity contribution in [1.29, 1.82) is 0 Å². The second-order valence-electron chi connectivity index (χ2n) is 7.71. The summed E-state index contributed by atoms with van der Waals surface area (Å²) in [6.07, 6.45) is 3.48. The molecule has 1 atom stereocenters. The number of hydrogen-bond donors (Lipinski definition) is 2. The summed E-state index contributed by atoms with van der Waals surface area (Å²) in [6.45, 7) is 7.00. The van der Waals surface area contributed by atoms with E-state index in [1.807, 2.05) is 35.9 Å². The first kappa shape index (κ1) is 20.1. The molecule has 7 nitrogen and oxygen atoms in total. The zero-order chi connectivity index (χ0) is 21.3. The van der Waals surface area contributed by atoms with Crippen LogP contribution < -0.4 is 10.9 Å². The van der Waals surface area contributed by atoms with Crippen LogP contribution in [-0.4, -0.2) is 24.7 Å². The van der Waals surface area contributed by atoms with Crippen molar-refractivity contribution in [1.82, 2.24) is 24.7 Å². The van der Waals surface area contributed by atoms with Gasteiger partial charge in [0.1, 0.15) is 0 Å². The number of aromatic amines is 1. The van der Waals surface area contributed by atoms with Gasteiger partial charge >= 0.3 is 0 Å². The van der Waals surface area contributed by atoms with Crippen LogP contribution in [0.5, 0.6) is 0 Å². The fraction of sp³-hybridized carbons (Fsp3) is 0.273. The third-order valence-corrected chi connectivity index (χ3v) is 5.05. The molecule has 1 aromatic carbocycles. The number of nitrogens with one attached hydrogen (secondary N) is 2. The van der Waals surface area contributed by atoms with Gasteiger partial charge in [-0.05, 0) is 49.2 Å². The van der Waals surface area contributed by atoms with E-state index in [-0.39, 0.29) is 11.6 Å². The van der Waals surface area contributed by atoms with Gasteiger partial charge in [-0.2, -0.15) is 5.10 Å². The summed E-state index contributed by atoms with van der Waals surface area (Å²) in [4.78, 5) is 24.4. The third-order valence-electron chi connectivity index (χ3n) is 4.82. The molecule has 3 heterocycles. The van der Waals surface area contributed by atoms with Crippen LogP contribution in [0.15, 0.2) is 53.6 Å². The Morgan fingerprint density at radius 3 is 2.77 bits per heavy atom. The lowest BCUT2D eigenvalue weighted by atomic mass is 10.1. The van der Waals surface area contributed by atoms with Gasteiger partial charge in [0.25, 0.3) is 5.56 Å². The SMILES string of the molecule is CC(C)Cn1nccc1-c1ccnc(N[C@@H](C)c2cc3cc(Cl)ccc3[nH]c2=O)n1. The normalized spacial score (nSPS) is 12.4. The first-order chi connectivity index (χ1) is 14.4. The molecule has 0 aliphatic heterocycles. The van der Waals surface area contributed by atoms with Gasteiger partial charge in [0.15, 0.2) is 0 Å². The molecule has 0 saturated heterocycles. The molecule has 0 radical (unpaired) electrons. The van der Waals surface area contributed by atoms with E-state index in [2.05, 4.69) is 39.2 Å². The Balaban J connectivity index is 1.62. The van der Waals surface area contributed by atoms with Gasteiger partial charge in [-0.25, -0.2) is 9.97 Å². The standard InChI is InChI=1S/C22H23ClN6O/c1-13(2)12-29-20(7-9-25-29)19-6-8-24-22(28-19)26-14(3)17-11-15-10-16(23)4-5-18(15)27-21(17)30/h4-11,13-14H,12H2,1-3H3,(H,27,30)(H,24,26,28)/t14-/m0/s1. The van der Waals surface area contributed by atoms with E-state index >= 15 is 0 Å². The number of anilines is 1. The molecule has 0 spiro atoms. The summed E-state index contributed by atoms with van der Waals surface area (Å²) in [5.41, 5.74) is 2.88. The van der Waals surface area contributed by atoms with E-state index in [9.17, 15) is 4.79 Å². The molecular formula is C22H23ClN6O. The molecule has 8 heteroatoms. The Morgan fingerprint density at radius 2 is 1.97 bits per heavy atom. The number of benzene rings is 1. The van der Waals surface area contributed by atoms with Crippen LogP contribution in [0.2, 0.25) is 5.02 Å². The molecule has 154 valence electrons. The van der Waals surface area contributed by atoms with Crippen LogP contribution in [-0.2, 0) is 6.54 Å². The number of fused-ring (bicyclic) bond motifs is 1. The highest BCUT2D eigenvalue weighted by molar-refractivity contribution is 6.31. The van der Waals surface area contributed by atoms with Gasteiger partial charge in [-0.1, -0.05) is 25.4 Å². The average Bonchev–Trinajstić information content (AvgIpc) is 3.15. The predicted octanol–water partition coefficient (Wildman–Crippen LogP) is 4.66. The summed E-state index contributed by atoms with van der Waals surface area (Å²) in [7, 11) is 0. The number of H-pyrrole nitrogens is 1. The van der Waals surface area contributed by atoms with E-state index in [1.54, 1.807) is 24.5 Å². The number of halogens is 1. The molecule has 2 N–H and O–H groups in total. The average molecular weight is 423 g/mol. The highest BCUT2D eigenvalue weighted by atomic mass is 35.5. The molecule has 0 bridgehead atoms. The Bertz CT molecular complexity index is 1250. The fourth-order valence-electron chi connectivity index (χ4n) is 3.40. The summed E-state index contributed by atoms with van der Waals surface area (Å²) in [6, 6.07) is 10.7. The van der Waals surface area contributed by atoms with Crippen LogP contribution in [0.1, 0.15) is 32.4 Å². The van der Waals surface area contributed by atoms with Gasteiger partial charge in [-0.3, -0.25) is 9.48 Å². The lowest BCUT2D eigenvalue weighted by Crippen LogP contribution is -2.20. The lowest BCUT2D eigenvalue weighted by Gasteiger charge is -2.15. The first-order valence-electron chi connectivity index (χ1n) is 9.85. The molecule has 3 aromatic heterocycles. The van der Waals surface area contributed by atoms with E-state index < -0.39 is 0 Å². The Kier molecular flexibility index (Phi) is 5.55. The van der Waals surface area contributed by atoms with E-state index in [1.165, 1.54) is 0 Å². The van der Waals surface area contributed by atoms with Crippen LogP contribution in [0.4, 0.5) is 5.95 Å². The molecule has 4 aromatic rings. The van der Waals surface area contributed by atoms with Crippen molar-refractivity contribution < 1.29 is 0 Å². The zero-order valence-electron chi connectivity index (χ0n) is 17.1. The second kappa shape index (κ2) is 8.28. The zero-order valence-corrected chi connectivity index (χ0v) is 17.8. The number of rotatable bonds is 6. The van der Waals surface area contributed by atoms with Crippen molar-refractivity contribution >= 4 is 28.5 Å². The van der Waals surface area contributed by atoms with Gasteiger partial charge in [0, 0.05) is 40.4 Å². The topological polar surface area (TPSA) is 88.5 Å². The van der Waals surface area contributed by atoms with Crippen LogP contribution in [0.3, 0.4) is 0 Å². The summed E-state index contributed by atoms with van der Waals surface area (Å²) in [5, 5.41) is 9.13. The van der Waals surface area contributed by atoms with Gasteiger partial charge < -0.3 is 10.3 Å². The largest absolute Gasteiger partial charge is 0.347 e. The highest BCUT2D eigenvalue weighted by Gasteiger charge is 2.14. The highest BCUT2D eigenvalue weighted by Crippen LogP contribution is 2.22. The maximum Gasteiger partial charge on any atom is 0.253 e. The fourth-order valence-corrected chi connectivity index (χ4v) is 3.58. The van der Waals surface area contributed by atoms with Crippen molar-refractivity contribution in [3.8, 4) is 11.4 Å². The van der Waals surface area contributed by atoms with E-state index in [0.717, 1.165) is 28.8 Å². The Morgan fingerprint density at radius 1 is 1.13 bits per heavy atom. The summed E-state index contributed by atoms with van der Waals surface area (Å²) in [5.74, 6) is 0.916. The number of hydrogen-bond acceptors (Lipinski definition) is 5.